The molecule has 0 aliphatic carbocycles. The predicted molar refractivity (Wildman–Crippen MR) is 52.7 cm³/mol. The Morgan fingerprint density at radius 1 is 1.38 bits per heavy atom. The van der Waals surface area contributed by atoms with Crippen molar-refractivity contribution in [3.8, 4) is 0 Å². The number of morpholine rings is 1. The number of ether oxygens (including phenoxy) is 1. The maximum Gasteiger partial charge on any atom is 0.0952 e. The van der Waals surface area contributed by atoms with Crippen LogP contribution in [0.2, 0.25) is 0 Å². The van der Waals surface area contributed by atoms with Gasteiger partial charge in [-0.2, -0.15) is 0 Å². The molecule has 0 radical (unpaired) electrons. The molecule has 0 spiro atoms. The zero-order valence-corrected chi connectivity index (χ0v) is 7.92. The molecular weight excluding hydrogens is 162 g/mol. The molecule has 2 heteroatoms. The molecule has 1 atom stereocenters. The van der Waals surface area contributed by atoms with Gasteiger partial charge in [-0.15, -0.1) is 0 Å². The standard InChI is InChI=1S/C11H15NO/c1-9-4-2-3-5-10(9)11-8-12-6-7-13-11/h2-5,11-12H,6-8H2,1H3. The van der Waals surface area contributed by atoms with Crippen LogP contribution in [0.25, 0.3) is 0 Å². The summed E-state index contributed by atoms with van der Waals surface area (Å²) in [6.45, 7) is 4.86. The number of hydrogen-bond donors (Lipinski definition) is 1. The fraction of sp³-hybridized carbons (Fsp3) is 0.455. The number of benzene rings is 1. The van der Waals surface area contributed by atoms with Crippen LogP contribution < -0.4 is 5.32 Å². The minimum absolute atomic E-state index is 0.245. The Bertz CT molecular complexity index is 279. The molecule has 1 heterocycles. The van der Waals surface area contributed by atoms with E-state index in [-0.39, 0.29) is 6.10 Å². The molecule has 0 amide bonds. The lowest BCUT2D eigenvalue weighted by molar-refractivity contribution is 0.0273. The molecule has 1 aromatic carbocycles. The van der Waals surface area contributed by atoms with E-state index in [2.05, 4.69) is 36.5 Å². The normalized spacial score (nSPS) is 23.0. The maximum atomic E-state index is 5.68. The van der Waals surface area contributed by atoms with Crippen LogP contribution in [-0.2, 0) is 4.74 Å². The molecule has 1 unspecified atom stereocenters. The predicted octanol–water partition coefficient (Wildman–Crippen LogP) is 1.66. The van der Waals surface area contributed by atoms with E-state index in [0.717, 1.165) is 19.7 Å². The van der Waals surface area contributed by atoms with Crippen LogP contribution >= 0.6 is 0 Å². The van der Waals surface area contributed by atoms with Gasteiger partial charge in [0.15, 0.2) is 0 Å². The van der Waals surface area contributed by atoms with Gasteiger partial charge >= 0.3 is 0 Å². The van der Waals surface area contributed by atoms with Crippen LogP contribution in [0.3, 0.4) is 0 Å². The van der Waals surface area contributed by atoms with E-state index in [1.165, 1.54) is 11.1 Å². The third kappa shape index (κ3) is 1.90. The highest BCUT2D eigenvalue weighted by Gasteiger charge is 2.16. The van der Waals surface area contributed by atoms with Gasteiger partial charge in [0.1, 0.15) is 0 Å². The first-order chi connectivity index (χ1) is 6.38. The molecule has 0 bridgehead atoms. The Labute approximate surface area is 78.9 Å². The second-order valence-electron chi connectivity index (χ2n) is 3.42. The van der Waals surface area contributed by atoms with Crippen molar-refractivity contribution in [2.45, 2.75) is 13.0 Å². The van der Waals surface area contributed by atoms with Gasteiger partial charge in [-0.3, -0.25) is 0 Å². The van der Waals surface area contributed by atoms with E-state index in [1.54, 1.807) is 0 Å². The van der Waals surface area contributed by atoms with Crippen LogP contribution in [0, 0.1) is 6.92 Å². The molecular formula is C11H15NO. The molecule has 1 aliphatic heterocycles. The lowest BCUT2D eigenvalue weighted by Crippen LogP contribution is -2.33. The van der Waals surface area contributed by atoms with Gasteiger partial charge in [0, 0.05) is 13.1 Å². The summed E-state index contributed by atoms with van der Waals surface area (Å²) in [6.07, 6.45) is 0.245. The maximum absolute atomic E-state index is 5.68. The Morgan fingerprint density at radius 3 is 2.92 bits per heavy atom. The first-order valence-corrected chi connectivity index (χ1v) is 4.76. The molecule has 1 aliphatic rings. The average Bonchev–Trinajstić information content (AvgIpc) is 2.20. The van der Waals surface area contributed by atoms with E-state index in [1.807, 2.05) is 0 Å². The van der Waals surface area contributed by atoms with Crippen molar-refractivity contribution >= 4 is 0 Å². The van der Waals surface area contributed by atoms with Crippen molar-refractivity contribution in [3.63, 3.8) is 0 Å². The fourth-order valence-electron chi connectivity index (χ4n) is 1.71. The fourth-order valence-corrected chi connectivity index (χ4v) is 1.71. The van der Waals surface area contributed by atoms with Crippen molar-refractivity contribution in [1.82, 2.24) is 5.32 Å². The third-order valence-corrected chi connectivity index (χ3v) is 2.46. The van der Waals surface area contributed by atoms with Gasteiger partial charge in [0.25, 0.3) is 0 Å². The summed E-state index contributed by atoms with van der Waals surface area (Å²) in [4.78, 5) is 0. The van der Waals surface area contributed by atoms with Crippen molar-refractivity contribution in [3.05, 3.63) is 35.4 Å². The van der Waals surface area contributed by atoms with Crippen LogP contribution in [0.5, 0.6) is 0 Å². The lowest BCUT2D eigenvalue weighted by Gasteiger charge is -2.25. The summed E-state index contributed by atoms with van der Waals surface area (Å²) in [5, 5.41) is 3.34. The second kappa shape index (κ2) is 3.90. The highest BCUT2D eigenvalue weighted by atomic mass is 16.5. The van der Waals surface area contributed by atoms with Crippen LogP contribution in [0.4, 0.5) is 0 Å². The number of rotatable bonds is 1. The Morgan fingerprint density at radius 2 is 2.23 bits per heavy atom. The minimum Gasteiger partial charge on any atom is -0.371 e. The molecule has 1 aromatic rings. The highest BCUT2D eigenvalue weighted by Crippen LogP contribution is 2.21. The van der Waals surface area contributed by atoms with Gasteiger partial charge in [-0.05, 0) is 18.1 Å². The molecule has 2 nitrogen and oxygen atoms in total. The van der Waals surface area contributed by atoms with E-state index in [4.69, 9.17) is 4.74 Å². The summed E-state index contributed by atoms with van der Waals surface area (Å²) < 4.78 is 5.68. The molecule has 0 saturated carbocycles. The number of nitrogens with one attached hydrogen (secondary N) is 1. The van der Waals surface area contributed by atoms with Crippen molar-refractivity contribution in [2.75, 3.05) is 19.7 Å². The first-order valence-electron chi connectivity index (χ1n) is 4.76. The van der Waals surface area contributed by atoms with E-state index in [9.17, 15) is 0 Å². The average molecular weight is 177 g/mol. The van der Waals surface area contributed by atoms with Gasteiger partial charge < -0.3 is 10.1 Å². The quantitative estimate of drug-likeness (QED) is 0.704. The summed E-state index contributed by atoms with van der Waals surface area (Å²) >= 11 is 0. The summed E-state index contributed by atoms with van der Waals surface area (Å²) in [5.74, 6) is 0. The minimum atomic E-state index is 0.245. The third-order valence-electron chi connectivity index (χ3n) is 2.46. The Balaban J connectivity index is 2.18. The highest BCUT2D eigenvalue weighted by molar-refractivity contribution is 5.28. The summed E-state index contributed by atoms with van der Waals surface area (Å²) in [7, 11) is 0. The second-order valence-corrected chi connectivity index (χ2v) is 3.42. The van der Waals surface area contributed by atoms with Crippen LogP contribution in [0.1, 0.15) is 17.2 Å². The Kier molecular flexibility index (Phi) is 2.62. The Hall–Kier alpha value is -0.860. The monoisotopic (exact) mass is 177 g/mol. The summed E-state index contributed by atoms with van der Waals surface area (Å²) in [6, 6.07) is 8.41. The van der Waals surface area contributed by atoms with Gasteiger partial charge in [-0.1, -0.05) is 24.3 Å². The van der Waals surface area contributed by atoms with E-state index < -0.39 is 0 Å². The van der Waals surface area contributed by atoms with E-state index >= 15 is 0 Å². The molecule has 1 fully saturated rings. The SMILES string of the molecule is Cc1ccccc1C1CNCCO1. The largest absolute Gasteiger partial charge is 0.371 e. The summed E-state index contributed by atoms with van der Waals surface area (Å²) in [5.41, 5.74) is 2.63. The van der Waals surface area contributed by atoms with Crippen molar-refractivity contribution < 1.29 is 4.74 Å². The van der Waals surface area contributed by atoms with E-state index in [0.29, 0.717) is 0 Å². The molecule has 1 saturated heterocycles. The van der Waals surface area contributed by atoms with Gasteiger partial charge in [0.05, 0.1) is 12.7 Å². The molecule has 2 rings (SSSR count). The topological polar surface area (TPSA) is 21.3 Å². The molecule has 70 valence electrons. The zero-order chi connectivity index (χ0) is 9.10. The first kappa shape index (κ1) is 8.73. The van der Waals surface area contributed by atoms with Crippen molar-refractivity contribution in [2.24, 2.45) is 0 Å². The van der Waals surface area contributed by atoms with Crippen molar-refractivity contribution in [1.29, 1.82) is 0 Å². The molecule has 1 N–H and O–H groups in total. The zero-order valence-electron chi connectivity index (χ0n) is 7.92. The number of aryl methyl sites for hydroxylation is 1. The molecule has 0 aromatic heterocycles. The lowest BCUT2D eigenvalue weighted by atomic mass is 10.0. The smallest absolute Gasteiger partial charge is 0.0952 e. The van der Waals surface area contributed by atoms with Gasteiger partial charge in [-0.25, -0.2) is 0 Å². The van der Waals surface area contributed by atoms with Gasteiger partial charge in [0.2, 0.25) is 0 Å². The number of hydrogen-bond acceptors (Lipinski definition) is 2. The van der Waals surface area contributed by atoms with Crippen LogP contribution in [0.15, 0.2) is 24.3 Å². The van der Waals surface area contributed by atoms with Crippen LogP contribution in [-0.4, -0.2) is 19.7 Å². The molecule has 13 heavy (non-hydrogen) atoms.